The van der Waals surface area contributed by atoms with Crippen LogP contribution in [0, 0.1) is 5.92 Å². The number of anilines is 1. The number of rotatable bonds is 3. The molecule has 3 fully saturated rings. The van der Waals surface area contributed by atoms with E-state index in [0.29, 0.717) is 17.9 Å². The van der Waals surface area contributed by atoms with Gasteiger partial charge in [-0.2, -0.15) is 0 Å². The monoisotopic (exact) mass is 259 g/mol. The Labute approximate surface area is 112 Å². The van der Waals surface area contributed by atoms with Gasteiger partial charge in [-0.25, -0.2) is 9.97 Å². The first-order valence-electron chi connectivity index (χ1n) is 7.05. The molecule has 4 rings (SSSR count). The van der Waals surface area contributed by atoms with Crippen molar-refractivity contribution < 1.29 is 9.53 Å². The molecule has 1 saturated carbocycles. The van der Waals surface area contributed by atoms with Crippen molar-refractivity contribution in [2.45, 2.75) is 37.8 Å². The Bertz CT molecular complexity index is 482. The van der Waals surface area contributed by atoms with Gasteiger partial charge in [-0.15, -0.1) is 0 Å². The highest BCUT2D eigenvalue weighted by atomic mass is 16.5. The number of nitrogens with zero attached hydrogens (tertiary/aromatic N) is 3. The van der Waals surface area contributed by atoms with Crippen molar-refractivity contribution in [3.63, 3.8) is 0 Å². The Morgan fingerprint density at radius 2 is 1.74 bits per heavy atom. The lowest BCUT2D eigenvalue weighted by molar-refractivity contribution is 0.0905. The third-order valence-corrected chi connectivity index (χ3v) is 4.35. The molecule has 3 heterocycles. The lowest BCUT2D eigenvalue weighted by Gasteiger charge is -2.36. The third-order valence-electron chi connectivity index (χ3n) is 4.35. The summed E-state index contributed by atoms with van der Waals surface area (Å²) in [5.41, 5.74) is 1.03. The lowest BCUT2D eigenvalue weighted by atomic mass is 10.2. The minimum absolute atomic E-state index is 0.108. The molecule has 2 saturated heterocycles. The maximum absolute atomic E-state index is 11.9. The fraction of sp³-hybridized carbons (Fsp3) is 0.643. The number of fused-ring (bicyclic) bond motifs is 2. The Balaban J connectivity index is 1.57. The number of ketones is 1. The van der Waals surface area contributed by atoms with Crippen LogP contribution in [-0.4, -0.2) is 41.0 Å². The van der Waals surface area contributed by atoms with Gasteiger partial charge in [-0.05, 0) is 25.7 Å². The summed E-state index contributed by atoms with van der Waals surface area (Å²) < 4.78 is 5.57. The first-order chi connectivity index (χ1) is 9.33. The molecule has 3 aliphatic rings. The molecule has 2 aliphatic heterocycles. The molecule has 2 atom stereocenters. The van der Waals surface area contributed by atoms with Crippen molar-refractivity contribution >= 4 is 11.5 Å². The molecular formula is C14H17N3O2. The zero-order chi connectivity index (χ0) is 12.8. The molecule has 5 nitrogen and oxygen atoms in total. The van der Waals surface area contributed by atoms with E-state index >= 15 is 0 Å². The van der Waals surface area contributed by atoms with Gasteiger partial charge in [0, 0.05) is 5.92 Å². The molecule has 100 valence electrons. The molecule has 0 radical (unpaired) electrons. The SMILES string of the molecule is O=C(c1ncc(N2C3CCC2COC3)cn1)C1CC1. The molecule has 19 heavy (non-hydrogen) atoms. The van der Waals surface area contributed by atoms with Crippen molar-refractivity contribution in [3.05, 3.63) is 18.2 Å². The summed E-state index contributed by atoms with van der Waals surface area (Å²) in [7, 11) is 0. The molecule has 1 aromatic rings. The number of morpholine rings is 1. The molecule has 0 aromatic carbocycles. The van der Waals surface area contributed by atoms with E-state index in [1.54, 1.807) is 12.4 Å². The highest BCUT2D eigenvalue weighted by Gasteiger charge is 2.38. The zero-order valence-corrected chi connectivity index (χ0v) is 10.8. The normalized spacial score (nSPS) is 29.6. The van der Waals surface area contributed by atoms with E-state index in [0.717, 1.165) is 31.7 Å². The maximum Gasteiger partial charge on any atom is 0.203 e. The average molecular weight is 259 g/mol. The average Bonchev–Trinajstić information content (AvgIpc) is 3.25. The summed E-state index contributed by atoms with van der Waals surface area (Å²) in [6.45, 7) is 1.58. The van der Waals surface area contributed by atoms with Gasteiger partial charge in [0.2, 0.25) is 5.78 Å². The Morgan fingerprint density at radius 1 is 1.11 bits per heavy atom. The molecule has 5 heteroatoms. The van der Waals surface area contributed by atoms with Crippen LogP contribution in [0.5, 0.6) is 0 Å². The van der Waals surface area contributed by atoms with Gasteiger partial charge in [0.15, 0.2) is 5.82 Å². The lowest BCUT2D eigenvalue weighted by Crippen LogP contribution is -2.46. The van der Waals surface area contributed by atoms with Crippen LogP contribution < -0.4 is 4.90 Å². The number of ether oxygens (including phenoxy) is 1. The summed E-state index contributed by atoms with van der Waals surface area (Å²) >= 11 is 0. The van der Waals surface area contributed by atoms with E-state index < -0.39 is 0 Å². The van der Waals surface area contributed by atoms with Crippen LogP contribution in [-0.2, 0) is 4.74 Å². The van der Waals surface area contributed by atoms with Gasteiger partial charge in [-0.1, -0.05) is 0 Å². The van der Waals surface area contributed by atoms with Gasteiger partial charge in [0.05, 0.1) is 43.4 Å². The largest absolute Gasteiger partial charge is 0.377 e. The predicted octanol–water partition coefficient (Wildman–Crippen LogP) is 1.44. The molecule has 1 aliphatic carbocycles. The number of Topliss-reactive ketones (excluding diaryl/α,β-unsaturated/α-hetero) is 1. The second kappa shape index (κ2) is 4.27. The first kappa shape index (κ1) is 11.3. The van der Waals surface area contributed by atoms with Gasteiger partial charge in [-0.3, -0.25) is 4.79 Å². The fourth-order valence-corrected chi connectivity index (χ4v) is 3.16. The zero-order valence-electron chi connectivity index (χ0n) is 10.8. The Hall–Kier alpha value is -1.49. The standard InChI is InChI=1S/C14H17N3O2/c18-13(9-1-2-9)14-15-5-12(6-16-14)17-10-3-4-11(17)8-19-7-10/h5-6,9-11H,1-4,7-8H2. The molecule has 0 N–H and O–H groups in total. The molecule has 0 spiro atoms. The molecule has 0 amide bonds. The summed E-state index contributed by atoms with van der Waals surface area (Å²) in [5, 5.41) is 0. The van der Waals surface area contributed by atoms with Crippen molar-refractivity contribution in [2.24, 2.45) is 5.92 Å². The molecule has 2 bridgehead atoms. The first-order valence-corrected chi connectivity index (χ1v) is 7.05. The van der Waals surface area contributed by atoms with E-state index in [9.17, 15) is 4.79 Å². The van der Waals surface area contributed by atoms with Crippen LogP contribution in [0.3, 0.4) is 0 Å². The fourth-order valence-electron chi connectivity index (χ4n) is 3.16. The van der Waals surface area contributed by atoms with Crippen LogP contribution in [0.25, 0.3) is 0 Å². The smallest absolute Gasteiger partial charge is 0.203 e. The van der Waals surface area contributed by atoms with E-state index in [4.69, 9.17) is 4.74 Å². The molecular weight excluding hydrogens is 242 g/mol. The van der Waals surface area contributed by atoms with Crippen molar-refractivity contribution in [1.82, 2.24) is 9.97 Å². The second-order valence-corrected chi connectivity index (χ2v) is 5.73. The van der Waals surface area contributed by atoms with Gasteiger partial charge in [0.25, 0.3) is 0 Å². The molecule has 1 aromatic heterocycles. The van der Waals surface area contributed by atoms with E-state index in [-0.39, 0.29) is 11.7 Å². The second-order valence-electron chi connectivity index (χ2n) is 5.73. The Kier molecular flexibility index (Phi) is 2.55. The summed E-state index contributed by atoms with van der Waals surface area (Å²) in [5.74, 6) is 0.675. The number of carbonyl (C=O) groups is 1. The van der Waals surface area contributed by atoms with Gasteiger partial charge < -0.3 is 9.64 Å². The highest BCUT2D eigenvalue weighted by molar-refractivity contribution is 5.96. The minimum atomic E-state index is 0.108. The van der Waals surface area contributed by atoms with Crippen LogP contribution in [0.4, 0.5) is 5.69 Å². The van der Waals surface area contributed by atoms with E-state index in [1.807, 2.05) is 0 Å². The van der Waals surface area contributed by atoms with Gasteiger partial charge in [0.1, 0.15) is 0 Å². The van der Waals surface area contributed by atoms with Crippen molar-refractivity contribution in [3.8, 4) is 0 Å². The van der Waals surface area contributed by atoms with Crippen LogP contribution >= 0.6 is 0 Å². The number of hydrogen-bond acceptors (Lipinski definition) is 5. The summed E-state index contributed by atoms with van der Waals surface area (Å²) in [4.78, 5) is 22.8. The van der Waals surface area contributed by atoms with Crippen LogP contribution in [0.1, 0.15) is 36.3 Å². The highest BCUT2D eigenvalue weighted by Crippen LogP contribution is 2.34. The summed E-state index contributed by atoms with van der Waals surface area (Å²) in [6, 6.07) is 0.902. The predicted molar refractivity (Wildman–Crippen MR) is 69.2 cm³/mol. The van der Waals surface area contributed by atoms with Crippen LogP contribution in [0.2, 0.25) is 0 Å². The third kappa shape index (κ3) is 1.92. The summed E-state index contributed by atoms with van der Waals surface area (Å²) in [6.07, 6.45) is 7.95. The minimum Gasteiger partial charge on any atom is -0.377 e. The molecule has 2 unspecified atom stereocenters. The van der Waals surface area contributed by atoms with Crippen molar-refractivity contribution in [1.29, 1.82) is 0 Å². The quantitative estimate of drug-likeness (QED) is 0.769. The Morgan fingerprint density at radius 3 is 2.32 bits per heavy atom. The van der Waals surface area contributed by atoms with Gasteiger partial charge >= 0.3 is 0 Å². The number of hydrogen-bond donors (Lipinski definition) is 0. The van der Waals surface area contributed by atoms with E-state index in [2.05, 4.69) is 14.9 Å². The van der Waals surface area contributed by atoms with Crippen molar-refractivity contribution in [2.75, 3.05) is 18.1 Å². The van der Waals surface area contributed by atoms with E-state index in [1.165, 1.54) is 12.8 Å². The number of aromatic nitrogens is 2. The van der Waals surface area contributed by atoms with Crippen LogP contribution in [0.15, 0.2) is 12.4 Å². The topological polar surface area (TPSA) is 55.3 Å². The number of carbonyl (C=O) groups excluding carboxylic acids is 1. The maximum atomic E-state index is 11.9.